The number of rotatable bonds is 4. The maximum absolute atomic E-state index is 11.4. The molecule has 1 aliphatic rings. The van der Waals surface area contributed by atoms with Gasteiger partial charge >= 0.3 is 0 Å². The van der Waals surface area contributed by atoms with Crippen molar-refractivity contribution in [3.05, 3.63) is 0 Å². The number of hydrogen-bond donors (Lipinski definition) is 2. The number of carbonyl (C=O) groups excluding carboxylic acids is 1. The molecule has 16 heavy (non-hydrogen) atoms. The molecule has 0 bridgehead atoms. The molecule has 1 rings (SSSR count). The maximum Gasteiger partial charge on any atom is 0.221 e. The monoisotopic (exact) mass is 227 g/mol. The zero-order valence-electron chi connectivity index (χ0n) is 10.7. The topological polar surface area (TPSA) is 58.4 Å². The van der Waals surface area contributed by atoms with Crippen LogP contribution in [-0.4, -0.2) is 43.0 Å². The van der Waals surface area contributed by atoms with Crippen LogP contribution in [0.2, 0.25) is 0 Å². The van der Waals surface area contributed by atoms with E-state index in [0.29, 0.717) is 24.9 Å². The molecule has 0 spiro atoms. The van der Waals surface area contributed by atoms with Gasteiger partial charge in [0.15, 0.2) is 0 Å². The third-order valence-electron chi connectivity index (χ3n) is 3.86. The van der Waals surface area contributed by atoms with Gasteiger partial charge in [-0.25, -0.2) is 0 Å². The summed E-state index contributed by atoms with van der Waals surface area (Å²) in [6.07, 6.45) is 3.02. The highest BCUT2D eigenvalue weighted by Crippen LogP contribution is 2.25. The first-order chi connectivity index (χ1) is 7.60. The highest BCUT2D eigenvalue weighted by Gasteiger charge is 2.30. The molecule has 0 aromatic rings. The molecule has 94 valence electrons. The molecular formula is C12H25N3O. The van der Waals surface area contributed by atoms with Crippen LogP contribution in [0, 0.1) is 5.92 Å². The van der Waals surface area contributed by atoms with Gasteiger partial charge in [0.25, 0.3) is 0 Å². The standard InChI is InChI=1S/C12H25N3O/c1-9-5-4-6-15(10(9)2)11(8-13)7-12(16)14-3/h9-11H,4-8,13H2,1-3H3,(H,14,16). The molecule has 0 aromatic heterocycles. The lowest BCUT2D eigenvalue weighted by Crippen LogP contribution is -2.52. The number of likely N-dealkylation sites (tertiary alicyclic amines) is 1. The Morgan fingerprint density at radius 2 is 2.25 bits per heavy atom. The minimum absolute atomic E-state index is 0.0841. The van der Waals surface area contributed by atoms with Crippen molar-refractivity contribution in [1.29, 1.82) is 0 Å². The minimum Gasteiger partial charge on any atom is -0.359 e. The summed E-state index contributed by atoms with van der Waals surface area (Å²) >= 11 is 0. The summed E-state index contributed by atoms with van der Waals surface area (Å²) in [5.74, 6) is 0.786. The van der Waals surface area contributed by atoms with Crippen LogP contribution >= 0.6 is 0 Å². The Balaban J connectivity index is 2.60. The Hall–Kier alpha value is -0.610. The molecule has 4 nitrogen and oxygen atoms in total. The normalized spacial score (nSPS) is 28.8. The molecule has 1 saturated heterocycles. The van der Waals surface area contributed by atoms with E-state index in [0.717, 1.165) is 6.54 Å². The van der Waals surface area contributed by atoms with Gasteiger partial charge < -0.3 is 11.1 Å². The Morgan fingerprint density at radius 1 is 1.56 bits per heavy atom. The summed E-state index contributed by atoms with van der Waals surface area (Å²) in [6, 6.07) is 0.727. The van der Waals surface area contributed by atoms with Gasteiger partial charge in [-0.3, -0.25) is 9.69 Å². The quantitative estimate of drug-likeness (QED) is 0.738. The van der Waals surface area contributed by atoms with E-state index in [1.54, 1.807) is 7.05 Å². The molecule has 0 saturated carbocycles. The van der Waals surface area contributed by atoms with Crippen LogP contribution in [0.4, 0.5) is 0 Å². The van der Waals surface area contributed by atoms with Crippen LogP contribution in [0.3, 0.4) is 0 Å². The van der Waals surface area contributed by atoms with Crippen molar-refractivity contribution in [2.24, 2.45) is 11.7 Å². The summed E-state index contributed by atoms with van der Waals surface area (Å²) in [7, 11) is 1.68. The second-order valence-corrected chi connectivity index (χ2v) is 4.86. The number of piperidine rings is 1. The van der Waals surface area contributed by atoms with Crippen LogP contribution in [0.1, 0.15) is 33.1 Å². The molecule has 0 aliphatic carbocycles. The number of nitrogens with two attached hydrogens (primary N) is 1. The predicted molar refractivity (Wildman–Crippen MR) is 66.1 cm³/mol. The Kier molecular flexibility index (Phi) is 5.22. The van der Waals surface area contributed by atoms with Crippen LogP contribution in [-0.2, 0) is 4.79 Å². The molecule has 4 heteroatoms. The summed E-state index contributed by atoms with van der Waals surface area (Å²) in [6.45, 7) is 6.16. The van der Waals surface area contributed by atoms with Gasteiger partial charge in [-0.2, -0.15) is 0 Å². The summed E-state index contributed by atoms with van der Waals surface area (Å²) < 4.78 is 0. The van der Waals surface area contributed by atoms with Crippen LogP contribution in [0.5, 0.6) is 0 Å². The van der Waals surface area contributed by atoms with E-state index in [4.69, 9.17) is 5.73 Å². The number of amides is 1. The van der Waals surface area contributed by atoms with Gasteiger partial charge in [-0.1, -0.05) is 6.92 Å². The molecule has 1 heterocycles. The Bertz CT molecular complexity index is 232. The van der Waals surface area contributed by atoms with Crippen LogP contribution < -0.4 is 11.1 Å². The van der Waals surface area contributed by atoms with E-state index in [1.807, 2.05) is 0 Å². The van der Waals surface area contributed by atoms with Crippen molar-refractivity contribution in [2.45, 2.75) is 45.2 Å². The van der Waals surface area contributed by atoms with Crippen molar-refractivity contribution in [3.63, 3.8) is 0 Å². The molecule has 3 unspecified atom stereocenters. The molecule has 0 aromatic carbocycles. The molecular weight excluding hydrogens is 202 g/mol. The first kappa shape index (κ1) is 13.5. The lowest BCUT2D eigenvalue weighted by atomic mass is 9.90. The second-order valence-electron chi connectivity index (χ2n) is 4.86. The molecule has 0 radical (unpaired) electrons. The fourth-order valence-corrected chi connectivity index (χ4v) is 2.53. The summed E-state index contributed by atoms with van der Waals surface area (Å²) in [4.78, 5) is 13.8. The Labute approximate surface area is 98.6 Å². The average molecular weight is 227 g/mol. The van der Waals surface area contributed by atoms with Crippen LogP contribution in [0.25, 0.3) is 0 Å². The zero-order chi connectivity index (χ0) is 12.1. The number of nitrogens with zero attached hydrogens (tertiary/aromatic N) is 1. The summed E-state index contributed by atoms with van der Waals surface area (Å²) in [5, 5.41) is 2.67. The van der Waals surface area contributed by atoms with E-state index < -0.39 is 0 Å². The third kappa shape index (κ3) is 3.19. The fourth-order valence-electron chi connectivity index (χ4n) is 2.53. The molecule has 3 N–H and O–H groups in total. The third-order valence-corrected chi connectivity index (χ3v) is 3.86. The predicted octanol–water partition coefficient (Wildman–Crippen LogP) is 0.570. The van der Waals surface area contributed by atoms with E-state index in [9.17, 15) is 4.79 Å². The first-order valence-electron chi connectivity index (χ1n) is 6.26. The molecule has 1 fully saturated rings. The van der Waals surface area contributed by atoms with Gasteiger partial charge in [-0.05, 0) is 32.2 Å². The van der Waals surface area contributed by atoms with Gasteiger partial charge in [-0.15, -0.1) is 0 Å². The lowest BCUT2D eigenvalue weighted by Gasteiger charge is -2.42. The largest absolute Gasteiger partial charge is 0.359 e. The number of carbonyl (C=O) groups is 1. The first-order valence-corrected chi connectivity index (χ1v) is 6.26. The summed E-state index contributed by atoms with van der Waals surface area (Å²) in [5.41, 5.74) is 5.79. The van der Waals surface area contributed by atoms with Gasteiger partial charge in [0.2, 0.25) is 5.91 Å². The molecule has 1 aliphatic heterocycles. The van der Waals surface area contributed by atoms with Gasteiger partial charge in [0, 0.05) is 32.1 Å². The van der Waals surface area contributed by atoms with Gasteiger partial charge in [0.05, 0.1) is 0 Å². The van der Waals surface area contributed by atoms with Crippen molar-refractivity contribution >= 4 is 5.91 Å². The molecule has 3 atom stereocenters. The van der Waals surface area contributed by atoms with E-state index in [-0.39, 0.29) is 11.9 Å². The highest BCUT2D eigenvalue weighted by atomic mass is 16.1. The van der Waals surface area contributed by atoms with Crippen LogP contribution in [0.15, 0.2) is 0 Å². The minimum atomic E-state index is 0.0841. The fraction of sp³-hybridized carbons (Fsp3) is 0.917. The lowest BCUT2D eigenvalue weighted by molar-refractivity contribution is -0.122. The number of hydrogen-bond acceptors (Lipinski definition) is 3. The van der Waals surface area contributed by atoms with Crippen molar-refractivity contribution in [3.8, 4) is 0 Å². The highest BCUT2D eigenvalue weighted by molar-refractivity contribution is 5.76. The maximum atomic E-state index is 11.4. The van der Waals surface area contributed by atoms with Crippen molar-refractivity contribution < 1.29 is 4.79 Å². The van der Waals surface area contributed by atoms with Crippen molar-refractivity contribution in [1.82, 2.24) is 10.2 Å². The van der Waals surface area contributed by atoms with Gasteiger partial charge in [0.1, 0.15) is 0 Å². The Morgan fingerprint density at radius 3 is 2.81 bits per heavy atom. The van der Waals surface area contributed by atoms with E-state index >= 15 is 0 Å². The smallest absolute Gasteiger partial charge is 0.221 e. The van der Waals surface area contributed by atoms with Crippen molar-refractivity contribution in [2.75, 3.05) is 20.1 Å². The average Bonchev–Trinajstić information content (AvgIpc) is 2.29. The second kappa shape index (κ2) is 6.21. The zero-order valence-corrected chi connectivity index (χ0v) is 10.7. The SMILES string of the molecule is CNC(=O)CC(CN)N1CCCC(C)C1C. The molecule has 1 amide bonds. The van der Waals surface area contributed by atoms with E-state index in [1.165, 1.54) is 12.8 Å². The number of nitrogens with one attached hydrogen (secondary N) is 1. The van der Waals surface area contributed by atoms with E-state index in [2.05, 4.69) is 24.1 Å².